The van der Waals surface area contributed by atoms with Crippen LogP contribution in [-0.2, 0) is 0 Å². The highest BCUT2D eigenvalue weighted by Gasteiger charge is 2.23. The van der Waals surface area contributed by atoms with Crippen molar-refractivity contribution in [2.75, 3.05) is 7.11 Å². The van der Waals surface area contributed by atoms with Crippen molar-refractivity contribution in [1.29, 1.82) is 0 Å². The van der Waals surface area contributed by atoms with Crippen molar-refractivity contribution in [3.8, 4) is 11.5 Å². The number of aromatic hydroxyl groups is 1. The van der Waals surface area contributed by atoms with Gasteiger partial charge < -0.3 is 20.0 Å². The van der Waals surface area contributed by atoms with Gasteiger partial charge in [0, 0.05) is 6.07 Å². The van der Waals surface area contributed by atoms with E-state index in [4.69, 9.17) is 4.74 Å². The standard InChI is InChI=1S/C12H10N2O5/c1-19-9-4-2-3-8(15)11(9)12(16)7-5-6-10(13-7)14(17)18/h2-6,13,15H,1H3. The number of phenolic OH excluding ortho intramolecular Hbond substituents is 1. The maximum atomic E-state index is 12.2. The van der Waals surface area contributed by atoms with Crippen LogP contribution in [0.2, 0.25) is 0 Å². The predicted molar refractivity (Wildman–Crippen MR) is 65.5 cm³/mol. The SMILES string of the molecule is COc1cccc(O)c1C(=O)c1ccc([N+](=O)[O-])[nH]1. The number of nitrogens with zero attached hydrogens (tertiary/aromatic N) is 1. The third-order valence-corrected chi connectivity index (χ3v) is 2.56. The summed E-state index contributed by atoms with van der Waals surface area (Å²) >= 11 is 0. The second-order valence-corrected chi connectivity index (χ2v) is 3.70. The number of ether oxygens (including phenoxy) is 1. The van der Waals surface area contributed by atoms with Crippen LogP contribution < -0.4 is 4.74 Å². The summed E-state index contributed by atoms with van der Waals surface area (Å²) in [5.74, 6) is -0.926. The number of phenols is 1. The third-order valence-electron chi connectivity index (χ3n) is 2.56. The van der Waals surface area contributed by atoms with Gasteiger partial charge in [0.2, 0.25) is 5.78 Å². The second kappa shape index (κ2) is 4.81. The minimum Gasteiger partial charge on any atom is -0.507 e. The molecule has 0 radical (unpaired) electrons. The number of nitro groups is 1. The van der Waals surface area contributed by atoms with E-state index in [2.05, 4.69) is 4.98 Å². The quantitative estimate of drug-likeness (QED) is 0.497. The fraction of sp³-hybridized carbons (Fsp3) is 0.0833. The normalized spacial score (nSPS) is 10.2. The highest BCUT2D eigenvalue weighted by Crippen LogP contribution is 2.29. The summed E-state index contributed by atoms with van der Waals surface area (Å²) in [5.41, 5.74) is -0.0340. The van der Waals surface area contributed by atoms with Crippen LogP contribution in [0.15, 0.2) is 30.3 Å². The molecule has 7 nitrogen and oxygen atoms in total. The van der Waals surface area contributed by atoms with Gasteiger partial charge in [-0.25, -0.2) is 4.98 Å². The van der Waals surface area contributed by atoms with Crippen molar-refractivity contribution >= 4 is 11.6 Å². The van der Waals surface area contributed by atoms with Crippen LogP contribution >= 0.6 is 0 Å². The monoisotopic (exact) mass is 262 g/mol. The smallest absolute Gasteiger partial charge is 0.321 e. The van der Waals surface area contributed by atoms with E-state index in [0.717, 1.165) is 0 Å². The first-order valence-corrected chi connectivity index (χ1v) is 5.28. The molecule has 0 saturated carbocycles. The molecule has 1 aromatic carbocycles. The van der Waals surface area contributed by atoms with E-state index in [9.17, 15) is 20.0 Å². The van der Waals surface area contributed by atoms with Crippen molar-refractivity contribution in [3.05, 3.63) is 51.7 Å². The number of hydrogen-bond acceptors (Lipinski definition) is 5. The molecule has 0 unspecified atom stereocenters. The molecule has 0 aliphatic heterocycles. The Hall–Kier alpha value is -2.83. The van der Waals surface area contributed by atoms with Gasteiger partial charge in [-0.3, -0.25) is 4.79 Å². The molecule has 2 rings (SSSR count). The molecule has 2 aromatic rings. The second-order valence-electron chi connectivity index (χ2n) is 3.70. The lowest BCUT2D eigenvalue weighted by Crippen LogP contribution is -2.05. The molecular formula is C12H10N2O5. The van der Waals surface area contributed by atoms with Crippen LogP contribution in [0.25, 0.3) is 0 Å². The Morgan fingerprint density at radius 1 is 1.37 bits per heavy atom. The fourth-order valence-electron chi connectivity index (χ4n) is 1.68. The maximum Gasteiger partial charge on any atom is 0.321 e. The van der Waals surface area contributed by atoms with Gasteiger partial charge in [0.05, 0.1) is 7.11 Å². The van der Waals surface area contributed by atoms with E-state index in [1.54, 1.807) is 0 Å². The van der Waals surface area contributed by atoms with E-state index in [0.29, 0.717) is 0 Å². The van der Waals surface area contributed by atoms with Crippen molar-refractivity contribution < 1.29 is 19.6 Å². The van der Waals surface area contributed by atoms with E-state index >= 15 is 0 Å². The van der Waals surface area contributed by atoms with Gasteiger partial charge in [0.15, 0.2) is 5.69 Å². The molecule has 0 aliphatic rings. The topological polar surface area (TPSA) is 105 Å². The van der Waals surface area contributed by atoms with Crippen molar-refractivity contribution in [1.82, 2.24) is 4.98 Å². The molecule has 1 aromatic heterocycles. The molecule has 0 amide bonds. The first kappa shape index (κ1) is 12.6. The number of methoxy groups -OCH3 is 1. The Morgan fingerprint density at radius 2 is 2.11 bits per heavy atom. The van der Waals surface area contributed by atoms with Crippen LogP contribution in [0.1, 0.15) is 16.1 Å². The van der Waals surface area contributed by atoms with E-state index in [1.807, 2.05) is 0 Å². The lowest BCUT2D eigenvalue weighted by molar-refractivity contribution is -0.389. The average molecular weight is 262 g/mol. The fourth-order valence-corrected chi connectivity index (χ4v) is 1.68. The van der Waals surface area contributed by atoms with Gasteiger partial charge in [0.25, 0.3) is 0 Å². The summed E-state index contributed by atoms with van der Waals surface area (Å²) in [5, 5.41) is 20.3. The van der Waals surface area contributed by atoms with Crippen LogP contribution in [0.3, 0.4) is 0 Å². The number of aromatic amines is 1. The Bertz CT molecular complexity index is 647. The number of benzene rings is 1. The van der Waals surface area contributed by atoms with E-state index < -0.39 is 10.7 Å². The van der Waals surface area contributed by atoms with Gasteiger partial charge in [0.1, 0.15) is 17.1 Å². The number of rotatable bonds is 4. The minimum atomic E-state index is -0.640. The molecule has 0 atom stereocenters. The maximum absolute atomic E-state index is 12.2. The summed E-state index contributed by atoms with van der Waals surface area (Å²) in [6, 6.07) is 6.85. The van der Waals surface area contributed by atoms with Crippen LogP contribution in [0, 0.1) is 10.1 Å². The van der Waals surface area contributed by atoms with Crippen molar-refractivity contribution in [2.45, 2.75) is 0 Å². The zero-order chi connectivity index (χ0) is 14.0. The van der Waals surface area contributed by atoms with Gasteiger partial charge in [-0.05, 0) is 23.1 Å². The lowest BCUT2D eigenvalue weighted by atomic mass is 10.1. The number of carbonyl (C=O) groups is 1. The highest BCUT2D eigenvalue weighted by atomic mass is 16.6. The van der Waals surface area contributed by atoms with Crippen LogP contribution in [0.4, 0.5) is 5.82 Å². The van der Waals surface area contributed by atoms with E-state index in [1.165, 1.54) is 37.4 Å². The first-order valence-electron chi connectivity index (χ1n) is 5.28. The van der Waals surface area contributed by atoms with Gasteiger partial charge in [-0.15, -0.1) is 0 Å². The first-order chi connectivity index (χ1) is 9.04. The Morgan fingerprint density at radius 3 is 2.68 bits per heavy atom. The number of nitrogens with one attached hydrogen (secondary N) is 1. The number of aromatic nitrogens is 1. The number of H-pyrrole nitrogens is 1. The molecule has 7 heteroatoms. The summed E-state index contributed by atoms with van der Waals surface area (Å²) in [6.45, 7) is 0. The third kappa shape index (κ3) is 2.25. The Labute approximate surface area is 107 Å². The summed E-state index contributed by atoms with van der Waals surface area (Å²) in [7, 11) is 1.36. The molecule has 0 spiro atoms. The van der Waals surface area contributed by atoms with Crippen molar-refractivity contribution in [2.24, 2.45) is 0 Å². The summed E-state index contributed by atoms with van der Waals surface area (Å²) < 4.78 is 4.99. The Balaban J connectivity index is 2.46. The van der Waals surface area contributed by atoms with Crippen LogP contribution in [0.5, 0.6) is 11.5 Å². The zero-order valence-electron chi connectivity index (χ0n) is 9.91. The van der Waals surface area contributed by atoms with Crippen molar-refractivity contribution in [3.63, 3.8) is 0 Å². The molecule has 2 N–H and O–H groups in total. The largest absolute Gasteiger partial charge is 0.507 e. The van der Waals surface area contributed by atoms with Gasteiger partial charge >= 0.3 is 5.82 Å². The van der Waals surface area contributed by atoms with Gasteiger partial charge in [-0.2, -0.15) is 0 Å². The molecular weight excluding hydrogens is 252 g/mol. The number of carbonyl (C=O) groups excluding carboxylic acids is 1. The van der Waals surface area contributed by atoms with Crippen LogP contribution in [-0.4, -0.2) is 27.9 Å². The molecule has 0 bridgehead atoms. The predicted octanol–water partition coefficient (Wildman–Crippen LogP) is 1.87. The number of ketones is 1. The highest BCUT2D eigenvalue weighted by molar-refractivity contribution is 6.11. The molecule has 1 heterocycles. The van der Waals surface area contributed by atoms with E-state index in [-0.39, 0.29) is 28.6 Å². The molecule has 0 aliphatic carbocycles. The molecule has 0 saturated heterocycles. The zero-order valence-corrected chi connectivity index (χ0v) is 9.91. The molecule has 19 heavy (non-hydrogen) atoms. The summed E-state index contributed by atoms with van der Waals surface area (Å²) in [4.78, 5) is 24.5. The molecule has 0 fully saturated rings. The Kier molecular flexibility index (Phi) is 3.19. The lowest BCUT2D eigenvalue weighted by Gasteiger charge is -2.07. The molecule has 98 valence electrons. The average Bonchev–Trinajstić information content (AvgIpc) is 2.87. The van der Waals surface area contributed by atoms with Gasteiger partial charge in [-0.1, -0.05) is 6.07 Å². The summed E-state index contributed by atoms with van der Waals surface area (Å²) in [6.07, 6.45) is 0. The number of hydrogen-bond donors (Lipinski definition) is 2. The minimum absolute atomic E-state index is 0.00602.